The Morgan fingerprint density at radius 1 is 0.289 bits per heavy atom. The summed E-state index contributed by atoms with van der Waals surface area (Å²) in [7, 11) is -9.86. The van der Waals surface area contributed by atoms with E-state index in [1.165, 1.54) is 0 Å². The van der Waals surface area contributed by atoms with Crippen molar-refractivity contribution in [3.8, 4) is 0 Å². The van der Waals surface area contributed by atoms with E-state index in [0.717, 1.165) is 135 Å². The molecule has 0 aliphatic carbocycles. The minimum Gasteiger partial charge on any atom is -0.463 e. The highest BCUT2D eigenvalue weighted by molar-refractivity contribution is 7.47. The molecule has 0 aliphatic rings. The number of aliphatic hydroxyl groups excluding tert-OH is 2. The average Bonchev–Trinajstić information content (AvgIpc) is 1.90. The maximum atomic E-state index is 12.9. The first-order chi connectivity index (χ1) is 47.2. The van der Waals surface area contributed by atoms with Gasteiger partial charge in [0.1, 0.15) is 25.4 Å². The molecule has 16 nitrogen and oxygen atoms in total. The van der Waals surface area contributed by atoms with Gasteiger partial charge < -0.3 is 34.2 Å². The van der Waals surface area contributed by atoms with Gasteiger partial charge in [0.25, 0.3) is 0 Å². The van der Waals surface area contributed by atoms with Gasteiger partial charge in [-0.2, -0.15) is 0 Å². The van der Waals surface area contributed by atoms with E-state index in [9.17, 15) is 43.5 Å². The molecule has 97 heavy (non-hydrogen) atoms. The Labute approximate surface area is 583 Å². The van der Waals surface area contributed by atoms with Crippen LogP contribution in [0, 0.1) is 0 Å². The number of phosphoric acid groups is 2. The normalized spacial score (nSPS) is 15.4. The number of allylic oxidation sites excluding steroid dienone is 36. The van der Waals surface area contributed by atoms with Crippen LogP contribution in [0.25, 0.3) is 0 Å². The number of phosphoric ester groups is 2. The number of esters is 3. The monoisotopic (exact) mass is 1390 g/mol. The van der Waals surface area contributed by atoms with E-state index in [1.54, 1.807) is 0 Å². The van der Waals surface area contributed by atoms with Crippen molar-refractivity contribution in [2.24, 2.45) is 0 Å². The van der Waals surface area contributed by atoms with Gasteiger partial charge in [0.05, 0.1) is 26.4 Å². The minimum absolute atomic E-state index is 0.0428. The van der Waals surface area contributed by atoms with Crippen LogP contribution in [0.4, 0.5) is 0 Å². The standard InChI is InChI=1S/C79H120O16P2/c1-4-7-10-13-16-19-22-25-28-31-34-36-39-41-44-47-50-53-56-59-62-65-77(82)89-68-74(80)69-91-96(85,86)92-70-75(81)71-93-97(87,88)94-73-76(95-79(84)67-64-61-58-55-52-49-46-43-38-33-30-27-24-21-18-15-12-9-6-3)72-90-78(83)66-63-60-57-54-51-48-45-42-40-37-35-32-29-26-23-20-17-14-11-8-5-2/h7-12,16-21,25-30,34-38,41-45,49-54,58,61,74-76,80-81H,4-6,13-15,22-24,31-33,39-40,46-48,55-57,59-60,62-73H2,1-3H3,(H,85,86)(H,87,88)/b10-7-,11-8-,12-9-,19-16-,20-17-,21-18-,28-25-,29-26-,30-27-,36-34-,37-35-,43-38-,44-41-,45-42-,52-49-,53-50-,54-51-,61-58-. The molecule has 542 valence electrons. The van der Waals surface area contributed by atoms with Crippen LogP contribution >= 0.6 is 15.6 Å². The van der Waals surface area contributed by atoms with Crippen LogP contribution in [0.15, 0.2) is 219 Å². The fraction of sp³-hybridized carbons (Fsp3) is 0.506. The highest BCUT2D eigenvalue weighted by Gasteiger charge is 2.29. The molecule has 0 amide bonds. The Morgan fingerprint density at radius 2 is 0.526 bits per heavy atom. The highest BCUT2D eigenvalue weighted by atomic mass is 31.2. The lowest BCUT2D eigenvalue weighted by Crippen LogP contribution is -2.29. The number of hydrogen-bond donors (Lipinski definition) is 4. The molecule has 0 bridgehead atoms. The molecule has 0 heterocycles. The van der Waals surface area contributed by atoms with Crippen molar-refractivity contribution in [2.75, 3.05) is 39.6 Å². The molecule has 5 unspecified atom stereocenters. The second kappa shape index (κ2) is 69.8. The van der Waals surface area contributed by atoms with Crippen LogP contribution in [0.1, 0.15) is 201 Å². The smallest absolute Gasteiger partial charge is 0.463 e. The Morgan fingerprint density at radius 3 is 0.814 bits per heavy atom. The summed E-state index contributed by atoms with van der Waals surface area (Å²) in [5.74, 6) is -1.79. The lowest BCUT2D eigenvalue weighted by Gasteiger charge is -2.21. The van der Waals surface area contributed by atoms with Gasteiger partial charge in [0.2, 0.25) is 0 Å². The molecule has 0 saturated heterocycles. The van der Waals surface area contributed by atoms with Crippen molar-refractivity contribution in [1.29, 1.82) is 0 Å². The quantitative estimate of drug-likeness (QED) is 0.0146. The summed E-state index contributed by atoms with van der Waals surface area (Å²) in [4.78, 5) is 58.4. The summed E-state index contributed by atoms with van der Waals surface area (Å²) in [6.07, 6.45) is 92.9. The third-order valence-corrected chi connectivity index (χ3v) is 15.1. The second-order valence-electron chi connectivity index (χ2n) is 22.2. The third-order valence-electron chi connectivity index (χ3n) is 13.2. The van der Waals surface area contributed by atoms with Gasteiger partial charge in [-0.15, -0.1) is 0 Å². The van der Waals surface area contributed by atoms with Gasteiger partial charge in [-0.25, -0.2) is 9.13 Å². The summed E-state index contributed by atoms with van der Waals surface area (Å²) in [6.45, 7) is 2.07. The zero-order valence-electron chi connectivity index (χ0n) is 58.6. The maximum absolute atomic E-state index is 12.9. The SMILES string of the molecule is CC/C=C\C/C=C\C/C=C\C/C=C\C/C=C\C/C=C\CCCCC(=O)OCC(O)COP(=O)(O)OCC(O)COP(=O)(O)OCC(COC(=O)CCCC/C=C\C/C=C\C/C=C\C/C=C\C/C=C\C/C=C\CC)OC(=O)CC/C=C\C/C=C\C/C=C\C/C=C\C/C=C\C/C=C\CC. The molecule has 0 radical (unpaired) electrons. The van der Waals surface area contributed by atoms with Crippen LogP contribution < -0.4 is 0 Å². The van der Waals surface area contributed by atoms with Gasteiger partial charge in [-0.3, -0.25) is 32.5 Å². The molecule has 0 aromatic carbocycles. The first kappa shape index (κ1) is 90.9. The maximum Gasteiger partial charge on any atom is 0.472 e. The fourth-order valence-corrected chi connectivity index (χ4v) is 9.54. The van der Waals surface area contributed by atoms with Crippen molar-refractivity contribution in [2.45, 2.75) is 219 Å². The first-order valence-corrected chi connectivity index (χ1v) is 38.0. The van der Waals surface area contributed by atoms with E-state index >= 15 is 0 Å². The molecule has 0 fully saturated rings. The third kappa shape index (κ3) is 71.0. The summed E-state index contributed by atoms with van der Waals surface area (Å²) in [5.41, 5.74) is 0. The van der Waals surface area contributed by atoms with E-state index in [4.69, 9.17) is 32.3 Å². The Hall–Kier alpha value is -6.13. The number of aliphatic hydroxyl groups is 2. The second-order valence-corrected chi connectivity index (χ2v) is 25.1. The summed E-state index contributed by atoms with van der Waals surface area (Å²) in [6, 6.07) is 0. The van der Waals surface area contributed by atoms with Crippen molar-refractivity contribution in [1.82, 2.24) is 0 Å². The molecule has 4 N–H and O–H groups in total. The molecule has 0 rings (SSSR count). The number of carbonyl (C=O) groups excluding carboxylic acids is 3. The lowest BCUT2D eigenvalue weighted by atomic mass is 10.2. The zero-order chi connectivity index (χ0) is 70.9. The number of ether oxygens (including phenoxy) is 3. The molecule has 0 saturated carbocycles. The van der Waals surface area contributed by atoms with Gasteiger partial charge in [0, 0.05) is 19.3 Å². The topological polar surface area (TPSA) is 231 Å². The molecule has 5 atom stereocenters. The summed E-state index contributed by atoms with van der Waals surface area (Å²) in [5, 5.41) is 20.6. The van der Waals surface area contributed by atoms with E-state index < -0.39 is 91.5 Å². The molecular formula is C79H120O16P2. The number of rotatable bonds is 63. The van der Waals surface area contributed by atoms with Crippen molar-refractivity contribution >= 4 is 33.6 Å². The number of unbranched alkanes of at least 4 members (excludes halogenated alkanes) is 4. The van der Waals surface area contributed by atoms with E-state index in [0.29, 0.717) is 25.7 Å². The molecule has 0 spiro atoms. The summed E-state index contributed by atoms with van der Waals surface area (Å²) >= 11 is 0. The van der Waals surface area contributed by atoms with Crippen molar-refractivity contribution < 1.29 is 75.8 Å². The van der Waals surface area contributed by atoms with E-state index in [2.05, 4.69) is 221 Å². The number of carbonyl (C=O) groups is 3. The molecule has 0 aromatic heterocycles. The van der Waals surface area contributed by atoms with Crippen LogP contribution in [-0.2, 0) is 55.8 Å². The van der Waals surface area contributed by atoms with Crippen LogP contribution in [0.5, 0.6) is 0 Å². The summed E-state index contributed by atoms with van der Waals surface area (Å²) < 4.78 is 60.8. The van der Waals surface area contributed by atoms with E-state index in [-0.39, 0.29) is 19.3 Å². The first-order valence-electron chi connectivity index (χ1n) is 35.0. The molecule has 18 heteroatoms. The van der Waals surface area contributed by atoms with Crippen LogP contribution in [0.2, 0.25) is 0 Å². The molecule has 0 aromatic rings. The van der Waals surface area contributed by atoms with Gasteiger partial charge in [-0.05, 0) is 161 Å². The van der Waals surface area contributed by atoms with Crippen molar-refractivity contribution in [3.63, 3.8) is 0 Å². The predicted molar refractivity (Wildman–Crippen MR) is 398 cm³/mol. The van der Waals surface area contributed by atoms with Gasteiger partial charge >= 0.3 is 33.6 Å². The Kier molecular flexibility index (Phi) is 65.4. The van der Waals surface area contributed by atoms with Crippen molar-refractivity contribution in [3.05, 3.63) is 219 Å². The van der Waals surface area contributed by atoms with Gasteiger partial charge in [0.15, 0.2) is 6.10 Å². The number of hydrogen-bond acceptors (Lipinski definition) is 14. The zero-order valence-corrected chi connectivity index (χ0v) is 60.4. The van der Waals surface area contributed by atoms with Crippen LogP contribution in [-0.4, -0.2) is 95.9 Å². The van der Waals surface area contributed by atoms with E-state index in [1.807, 2.05) is 18.2 Å². The molecule has 0 aliphatic heterocycles. The fourth-order valence-electron chi connectivity index (χ4n) is 7.95. The minimum atomic E-state index is -4.98. The predicted octanol–water partition coefficient (Wildman–Crippen LogP) is 20.0. The molecular weight excluding hydrogens is 1270 g/mol. The lowest BCUT2D eigenvalue weighted by molar-refractivity contribution is -0.161. The Bertz CT molecular complexity index is 2640. The van der Waals surface area contributed by atoms with Crippen LogP contribution in [0.3, 0.4) is 0 Å². The Balaban J connectivity index is 4.91. The largest absolute Gasteiger partial charge is 0.472 e. The average molecular weight is 1390 g/mol. The van der Waals surface area contributed by atoms with Gasteiger partial charge in [-0.1, -0.05) is 240 Å². The highest BCUT2D eigenvalue weighted by Crippen LogP contribution is 2.45.